The number of amides is 2. The van der Waals surface area contributed by atoms with Crippen molar-refractivity contribution in [1.82, 2.24) is 19.7 Å². The molecule has 7 nitrogen and oxygen atoms in total. The summed E-state index contributed by atoms with van der Waals surface area (Å²) >= 11 is 5.91. The van der Waals surface area contributed by atoms with Gasteiger partial charge in [0.25, 0.3) is 5.91 Å². The highest BCUT2D eigenvalue weighted by Gasteiger charge is 2.17. The highest BCUT2D eigenvalue weighted by molar-refractivity contribution is 6.32. The third-order valence-electron chi connectivity index (χ3n) is 4.13. The maximum absolute atomic E-state index is 12.5. The summed E-state index contributed by atoms with van der Waals surface area (Å²) in [6, 6.07) is 7.22. The summed E-state index contributed by atoms with van der Waals surface area (Å²) in [5.74, 6) is -0.387. The second-order valence-electron chi connectivity index (χ2n) is 6.18. The molecule has 0 radical (unpaired) electrons. The van der Waals surface area contributed by atoms with Crippen LogP contribution in [0.3, 0.4) is 0 Å². The van der Waals surface area contributed by atoms with Crippen LogP contribution >= 0.6 is 11.6 Å². The van der Waals surface area contributed by atoms with E-state index in [1.54, 1.807) is 22.7 Å². The molecule has 3 aromatic rings. The number of pyridine rings is 2. The number of aryl methyl sites for hydroxylation is 2. The first kappa shape index (κ1) is 18.8. The first-order valence-electron chi connectivity index (χ1n) is 8.60. The molecule has 8 heteroatoms. The Bertz CT molecular complexity index is 999. The second kappa shape index (κ2) is 8.18. The zero-order valence-electron chi connectivity index (χ0n) is 15.1. The molecule has 3 rings (SSSR count). The lowest BCUT2D eigenvalue weighted by molar-refractivity contribution is -0.116. The highest BCUT2D eigenvalue weighted by Crippen LogP contribution is 2.18. The average Bonchev–Trinajstić information content (AvgIpc) is 2.98. The molecule has 0 spiro atoms. The van der Waals surface area contributed by atoms with E-state index in [0.717, 1.165) is 11.2 Å². The summed E-state index contributed by atoms with van der Waals surface area (Å²) < 4.78 is 1.79. The number of hydrogen-bond donors (Lipinski definition) is 2. The predicted octanol–water partition coefficient (Wildman–Crippen LogP) is 3.15. The zero-order chi connectivity index (χ0) is 19.4. The third kappa shape index (κ3) is 4.25. The number of nitrogens with zero attached hydrogens (tertiary/aromatic N) is 3. The maximum Gasteiger partial charge on any atom is 0.270 e. The van der Waals surface area contributed by atoms with Crippen LogP contribution in [0.5, 0.6) is 0 Å². The van der Waals surface area contributed by atoms with Crippen LogP contribution in [0, 0.1) is 13.8 Å². The summed E-state index contributed by atoms with van der Waals surface area (Å²) in [6.07, 6.45) is 4.14. The number of imidazole rings is 1. The minimum absolute atomic E-state index is 0.180. The molecule has 3 heterocycles. The molecule has 0 atom stereocenters. The lowest BCUT2D eigenvalue weighted by atomic mass is 10.2. The molecule has 140 valence electrons. The Labute approximate surface area is 161 Å². The van der Waals surface area contributed by atoms with Crippen LogP contribution < -0.4 is 10.6 Å². The molecule has 0 saturated carbocycles. The first-order valence-corrected chi connectivity index (χ1v) is 8.98. The van der Waals surface area contributed by atoms with Crippen molar-refractivity contribution < 1.29 is 9.59 Å². The minimum Gasteiger partial charge on any atom is -0.351 e. The van der Waals surface area contributed by atoms with Gasteiger partial charge in [-0.25, -0.2) is 9.97 Å². The van der Waals surface area contributed by atoms with E-state index in [-0.39, 0.29) is 23.4 Å². The van der Waals surface area contributed by atoms with Crippen molar-refractivity contribution in [2.45, 2.75) is 26.7 Å². The topological polar surface area (TPSA) is 88.4 Å². The van der Waals surface area contributed by atoms with Gasteiger partial charge >= 0.3 is 0 Å². The van der Waals surface area contributed by atoms with Crippen molar-refractivity contribution in [2.24, 2.45) is 0 Å². The van der Waals surface area contributed by atoms with Crippen molar-refractivity contribution in [1.29, 1.82) is 0 Å². The molecule has 0 unspecified atom stereocenters. The summed E-state index contributed by atoms with van der Waals surface area (Å²) in [6.45, 7) is 4.15. The molecular weight excluding hydrogens is 366 g/mol. The number of aromatic nitrogens is 3. The highest BCUT2D eigenvalue weighted by atomic mass is 35.5. The van der Waals surface area contributed by atoms with Crippen LogP contribution in [0.25, 0.3) is 5.65 Å². The number of hydrogen-bond acceptors (Lipinski definition) is 4. The number of halogens is 1. The van der Waals surface area contributed by atoms with Gasteiger partial charge in [0.2, 0.25) is 5.91 Å². The van der Waals surface area contributed by atoms with Crippen molar-refractivity contribution in [3.8, 4) is 0 Å². The Morgan fingerprint density at radius 1 is 1.22 bits per heavy atom. The fourth-order valence-corrected chi connectivity index (χ4v) is 2.98. The van der Waals surface area contributed by atoms with E-state index < -0.39 is 0 Å². The Hall–Kier alpha value is -2.93. The Kier molecular flexibility index (Phi) is 5.71. The van der Waals surface area contributed by atoms with Gasteiger partial charge in [-0.1, -0.05) is 17.7 Å². The number of carbonyl (C=O) groups excluding carboxylic acids is 2. The van der Waals surface area contributed by atoms with Crippen molar-refractivity contribution in [3.63, 3.8) is 0 Å². The standard InChI is InChI=1S/C19H20ClN5O2/c1-12-6-5-11-25-16(13(2)23-18(12)25)19(27)22-10-4-8-15(26)24-14-7-3-9-21-17(14)20/h3,5-7,9,11H,4,8,10H2,1-2H3,(H,22,27)(H,24,26). The maximum atomic E-state index is 12.5. The number of rotatable bonds is 6. The fraction of sp³-hybridized carbons (Fsp3) is 0.263. The van der Waals surface area contributed by atoms with Gasteiger partial charge in [-0.05, 0) is 44.0 Å². The molecule has 0 aliphatic rings. The average molecular weight is 386 g/mol. The molecule has 27 heavy (non-hydrogen) atoms. The quantitative estimate of drug-likeness (QED) is 0.504. The molecule has 3 aromatic heterocycles. The predicted molar refractivity (Wildman–Crippen MR) is 104 cm³/mol. The van der Waals surface area contributed by atoms with Crippen molar-refractivity contribution in [2.75, 3.05) is 11.9 Å². The molecule has 2 amide bonds. The fourth-order valence-electron chi connectivity index (χ4n) is 2.82. The number of nitrogens with one attached hydrogen (secondary N) is 2. The van der Waals surface area contributed by atoms with E-state index in [1.165, 1.54) is 0 Å². The number of fused-ring (bicyclic) bond motifs is 1. The van der Waals surface area contributed by atoms with E-state index in [1.807, 2.05) is 32.2 Å². The van der Waals surface area contributed by atoms with Crippen LogP contribution in [-0.2, 0) is 4.79 Å². The van der Waals surface area contributed by atoms with E-state index >= 15 is 0 Å². The number of anilines is 1. The molecule has 0 aliphatic heterocycles. The van der Waals surface area contributed by atoms with Gasteiger partial charge in [-0.15, -0.1) is 0 Å². The monoisotopic (exact) mass is 385 g/mol. The molecule has 0 fully saturated rings. The summed E-state index contributed by atoms with van der Waals surface area (Å²) in [4.78, 5) is 32.9. The van der Waals surface area contributed by atoms with E-state index in [0.29, 0.717) is 30.0 Å². The van der Waals surface area contributed by atoms with Crippen molar-refractivity contribution in [3.05, 3.63) is 58.8 Å². The lowest BCUT2D eigenvalue weighted by Crippen LogP contribution is -2.27. The van der Waals surface area contributed by atoms with E-state index in [4.69, 9.17) is 11.6 Å². The molecular formula is C19H20ClN5O2. The van der Waals surface area contributed by atoms with Crippen LogP contribution in [0.4, 0.5) is 5.69 Å². The normalized spacial score (nSPS) is 10.8. The smallest absolute Gasteiger partial charge is 0.270 e. The zero-order valence-corrected chi connectivity index (χ0v) is 15.9. The molecule has 0 bridgehead atoms. The van der Waals surface area contributed by atoms with Crippen LogP contribution in [0.1, 0.15) is 34.6 Å². The van der Waals surface area contributed by atoms with Crippen LogP contribution in [0.2, 0.25) is 5.15 Å². The van der Waals surface area contributed by atoms with Crippen LogP contribution in [-0.4, -0.2) is 32.7 Å². The Morgan fingerprint density at radius 2 is 2.04 bits per heavy atom. The summed E-state index contributed by atoms with van der Waals surface area (Å²) in [7, 11) is 0. The molecule has 2 N–H and O–H groups in total. The molecule has 0 aromatic carbocycles. The van der Waals surface area contributed by atoms with Gasteiger partial charge in [0.05, 0.1) is 11.4 Å². The van der Waals surface area contributed by atoms with Gasteiger partial charge in [-0.3, -0.25) is 14.0 Å². The number of carbonyl (C=O) groups is 2. The van der Waals surface area contributed by atoms with Gasteiger partial charge in [-0.2, -0.15) is 0 Å². The molecule has 0 saturated heterocycles. The van der Waals surface area contributed by atoms with Gasteiger partial charge < -0.3 is 10.6 Å². The Morgan fingerprint density at radius 3 is 2.81 bits per heavy atom. The van der Waals surface area contributed by atoms with Crippen molar-refractivity contribution >= 4 is 34.7 Å². The lowest BCUT2D eigenvalue weighted by Gasteiger charge is -2.08. The molecule has 0 aliphatic carbocycles. The SMILES string of the molecule is Cc1nc2c(C)cccn2c1C(=O)NCCCC(=O)Nc1cccnc1Cl. The third-order valence-corrected chi connectivity index (χ3v) is 4.44. The Balaban J connectivity index is 1.53. The summed E-state index contributed by atoms with van der Waals surface area (Å²) in [5, 5.41) is 5.80. The minimum atomic E-state index is -0.207. The second-order valence-corrected chi connectivity index (χ2v) is 6.54. The van der Waals surface area contributed by atoms with Gasteiger partial charge in [0, 0.05) is 25.4 Å². The first-order chi connectivity index (χ1) is 13.0. The largest absolute Gasteiger partial charge is 0.351 e. The summed E-state index contributed by atoms with van der Waals surface area (Å²) in [5.41, 5.74) is 3.44. The van der Waals surface area contributed by atoms with Crippen LogP contribution in [0.15, 0.2) is 36.7 Å². The van der Waals surface area contributed by atoms with E-state index in [9.17, 15) is 9.59 Å². The van der Waals surface area contributed by atoms with E-state index in [2.05, 4.69) is 20.6 Å². The van der Waals surface area contributed by atoms with Gasteiger partial charge in [0.15, 0.2) is 5.15 Å². The van der Waals surface area contributed by atoms with Gasteiger partial charge in [0.1, 0.15) is 11.3 Å².